The largest absolute Gasteiger partial charge is 0.480 e. The van der Waals surface area contributed by atoms with E-state index in [1.165, 1.54) is 11.8 Å². The molecule has 1 atom stereocenters. The van der Waals surface area contributed by atoms with Crippen LogP contribution in [0.4, 0.5) is 0 Å². The van der Waals surface area contributed by atoms with Gasteiger partial charge in [0.2, 0.25) is 0 Å². The summed E-state index contributed by atoms with van der Waals surface area (Å²) in [6.45, 7) is 0. The number of nitrogens with one attached hydrogen (secondary N) is 1. The highest BCUT2D eigenvalue weighted by Gasteiger charge is 2.26. The average molecular weight is 246 g/mol. The van der Waals surface area contributed by atoms with Crippen LogP contribution < -0.4 is 0 Å². The number of benzene rings is 1. The number of rotatable bonds is 2. The van der Waals surface area contributed by atoms with Crippen LogP contribution in [0.5, 0.6) is 0 Å². The van der Waals surface area contributed by atoms with E-state index in [2.05, 4.69) is 9.98 Å². The zero-order chi connectivity index (χ0) is 11.8. The van der Waals surface area contributed by atoms with Crippen molar-refractivity contribution in [1.82, 2.24) is 4.98 Å². The third-order valence-corrected chi connectivity index (χ3v) is 3.84. The molecule has 0 saturated heterocycles. The fraction of sp³-hybridized carbons (Fsp3) is 0.167. The lowest BCUT2D eigenvalue weighted by Gasteiger charge is -1.96. The summed E-state index contributed by atoms with van der Waals surface area (Å²) in [7, 11) is 0. The second-order valence-electron chi connectivity index (χ2n) is 3.85. The van der Waals surface area contributed by atoms with Crippen LogP contribution >= 0.6 is 11.8 Å². The first-order valence-corrected chi connectivity index (χ1v) is 6.24. The van der Waals surface area contributed by atoms with E-state index in [-0.39, 0.29) is 0 Å². The number of para-hydroxylation sites is 1. The van der Waals surface area contributed by atoms with E-state index in [4.69, 9.17) is 5.11 Å². The highest BCUT2D eigenvalue weighted by atomic mass is 32.2. The van der Waals surface area contributed by atoms with Crippen LogP contribution in [-0.4, -0.2) is 32.9 Å². The van der Waals surface area contributed by atoms with Crippen molar-refractivity contribution in [3.8, 4) is 0 Å². The second kappa shape index (κ2) is 3.92. The minimum atomic E-state index is -0.854. The minimum absolute atomic E-state index is 0.518. The Hall–Kier alpha value is -1.75. The number of fused-ring (bicyclic) bond motifs is 1. The predicted molar refractivity (Wildman–Crippen MR) is 68.7 cm³/mol. The fourth-order valence-electron chi connectivity index (χ4n) is 1.90. The Morgan fingerprint density at radius 3 is 3.06 bits per heavy atom. The van der Waals surface area contributed by atoms with Crippen LogP contribution in [0.2, 0.25) is 0 Å². The fourth-order valence-corrected chi connectivity index (χ4v) is 2.96. The Kier molecular flexibility index (Phi) is 2.40. The Morgan fingerprint density at radius 2 is 2.29 bits per heavy atom. The molecule has 0 bridgehead atoms. The first kappa shape index (κ1) is 10.4. The summed E-state index contributed by atoms with van der Waals surface area (Å²) in [5.74, 6) is -0.336. The maximum atomic E-state index is 10.9. The van der Waals surface area contributed by atoms with Gasteiger partial charge in [-0.15, -0.1) is 11.8 Å². The van der Waals surface area contributed by atoms with Gasteiger partial charge in [-0.1, -0.05) is 18.2 Å². The number of aromatic amines is 1. The van der Waals surface area contributed by atoms with Crippen LogP contribution in [0.1, 0.15) is 5.56 Å². The maximum absolute atomic E-state index is 10.9. The Bertz CT molecular complexity index is 618. The molecule has 1 aromatic carbocycles. The van der Waals surface area contributed by atoms with Gasteiger partial charge >= 0.3 is 5.97 Å². The van der Waals surface area contributed by atoms with Gasteiger partial charge in [0.1, 0.15) is 5.04 Å². The lowest BCUT2D eigenvalue weighted by Crippen LogP contribution is -2.17. The normalized spacial score (nSPS) is 19.5. The number of thioether (sulfide) groups is 1. The molecule has 0 aliphatic carbocycles. The standard InChI is InChI=1S/C12H10N2O2S/c15-12(16)10-6-17-11(14-10)8-5-13-9-4-2-1-3-7(8)9/h1-5,10,13H,6H2,(H,15,16)/t10-/m0/s1. The molecule has 17 heavy (non-hydrogen) atoms. The molecular formula is C12H10N2O2S. The SMILES string of the molecule is O=C(O)[C@@H]1CSC(c2c[nH]c3ccccc23)=N1. The zero-order valence-electron chi connectivity index (χ0n) is 8.88. The van der Waals surface area contributed by atoms with Gasteiger partial charge in [-0.3, -0.25) is 4.99 Å². The summed E-state index contributed by atoms with van der Waals surface area (Å²) < 4.78 is 0. The monoisotopic (exact) mass is 246 g/mol. The molecule has 2 aromatic rings. The maximum Gasteiger partial charge on any atom is 0.329 e. The van der Waals surface area contributed by atoms with E-state index in [0.717, 1.165) is 21.5 Å². The average Bonchev–Trinajstić information content (AvgIpc) is 2.95. The molecule has 5 heteroatoms. The summed E-state index contributed by atoms with van der Waals surface area (Å²) in [4.78, 5) is 18.3. The van der Waals surface area contributed by atoms with Crippen LogP contribution in [0.15, 0.2) is 35.5 Å². The van der Waals surface area contributed by atoms with Gasteiger partial charge < -0.3 is 10.1 Å². The van der Waals surface area contributed by atoms with Crippen LogP contribution in [0.3, 0.4) is 0 Å². The Balaban J connectivity index is 2.05. The number of carbonyl (C=O) groups is 1. The molecule has 86 valence electrons. The van der Waals surface area contributed by atoms with Crippen molar-refractivity contribution in [3.05, 3.63) is 36.0 Å². The van der Waals surface area contributed by atoms with E-state index >= 15 is 0 Å². The summed E-state index contributed by atoms with van der Waals surface area (Å²) in [6.07, 6.45) is 1.89. The van der Waals surface area contributed by atoms with Gasteiger partial charge in [0.25, 0.3) is 0 Å². The molecule has 0 radical (unpaired) electrons. The molecular weight excluding hydrogens is 236 g/mol. The van der Waals surface area contributed by atoms with Crippen molar-refractivity contribution >= 4 is 33.7 Å². The lowest BCUT2D eigenvalue weighted by atomic mass is 10.2. The van der Waals surface area contributed by atoms with Crippen molar-refractivity contribution < 1.29 is 9.90 Å². The Labute approximate surface area is 102 Å². The van der Waals surface area contributed by atoms with E-state index in [1.54, 1.807) is 0 Å². The molecule has 0 unspecified atom stereocenters. The van der Waals surface area contributed by atoms with Crippen LogP contribution in [-0.2, 0) is 4.79 Å². The van der Waals surface area contributed by atoms with Gasteiger partial charge in [-0.2, -0.15) is 0 Å². The number of hydrogen-bond acceptors (Lipinski definition) is 3. The van der Waals surface area contributed by atoms with Gasteiger partial charge in [0.05, 0.1) is 0 Å². The zero-order valence-corrected chi connectivity index (χ0v) is 9.70. The molecule has 2 heterocycles. The van der Waals surface area contributed by atoms with Crippen molar-refractivity contribution in [2.45, 2.75) is 6.04 Å². The summed E-state index contributed by atoms with van der Waals surface area (Å²) in [6, 6.07) is 7.33. The number of aliphatic carboxylic acids is 1. The van der Waals surface area contributed by atoms with Gasteiger partial charge in [-0.25, -0.2) is 4.79 Å². The molecule has 1 aromatic heterocycles. The predicted octanol–water partition coefficient (Wildman–Crippen LogP) is 2.11. The summed E-state index contributed by atoms with van der Waals surface area (Å²) >= 11 is 1.50. The third kappa shape index (κ3) is 1.72. The molecule has 4 nitrogen and oxygen atoms in total. The lowest BCUT2D eigenvalue weighted by molar-refractivity contribution is -0.137. The molecule has 3 rings (SSSR count). The van der Waals surface area contributed by atoms with Gasteiger partial charge in [0, 0.05) is 28.4 Å². The highest BCUT2D eigenvalue weighted by Crippen LogP contribution is 2.28. The quantitative estimate of drug-likeness (QED) is 0.853. The van der Waals surface area contributed by atoms with E-state index in [1.807, 2.05) is 30.5 Å². The number of nitrogens with zero attached hydrogens (tertiary/aromatic N) is 1. The number of H-pyrrole nitrogens is 1. The number of aliphatic imine (C=N–C) groups is 1. The first-order chi connectivity index (χ1) is 8.25. The number of carboxylic acid groups (broad SMARTS) is 1. The van der Waals surface area contributed by atoms with Crippen molar-refractivity contribution in [2.24, 2.45) is 4.99 Å². The van der Waals surface area contributed by atoms with Crippen LogP contribution in [0.25, 0.3) is 10.9 Å². The van der Waals surface area contributed by atoms with E-state index in [9.17, 15) is 4.79 Å². The van der Waals surface area contributed by atoms with Gasteiger partial charge in [-0.05, 0) is 6.07 Å². The minimum Gasteiger partial charge on any atom is -0.480 e. The second-order valence-corrected chi connectivity index (χ2v) is 4.86. The number of aromatic nitrogens is 1. The van der Waals surface area contributed by atoms with Crippen molar-refractivity contribution in [2.75, 3.05) is 5.75 Å². The van der Waals surface area contributed by atoms with Gasteiger partial charge in [0.15, 0.2) is 6.04 Å². The highest BCUT2D eigenvalue weighted by molar-refractivity contribution is 8.14. The van der Waals surface area contributed by atoms with E-state index < -0.39 is 12.0 Å². The third-order valence-electron chi connectivity index (χ3n) is 2.76. The topological polar surface area (TPSA) is 65.4 Å². The molecule has 1 aliphatic heterocycles. The van der Waals surface area contributed by atoms with Crippen molar-refractivity contribution in [3.63, 3.8) is 0 Å². The summed E-state index contributed by atoms with van der Waals surface area (Å²) in [5.41, 5.74) is 2.04. The molecule has 0 saturated carbocycles. The molecule has 2 N–H and O–H groups in total. The molecule has 0 amide bonds. The Morgan fingerprint density at radius 1 is 1.47 bits per heavy atom. The first-order valence-electron chi connectivity index (χ1n) is 5.25. The van der Waals surface area contributed by atoms with E-state index in [0.29, 0.717) is 5.75 Å². The molecule has 0 fully saturated rings. The number of carboxylic acids is 1. The molecule has 0 spiro atoms. The summed E-state index contributed by atoms with van der Waals surface area (Å²) in [5, 5.41) is 10.8. The number of hydrogen-bond donors (Lipinski definition) is 2. The van der Waals surface area contributed by atoms with Crippen molar-refractivity contribution in [1.29, 1.82) is 0 Å². The molecule has 1 aliphatic rings. The van der Waals surface area contributed by atoms with Crippen LogP contribution in [0, 0.1) is 0 Å². The smallest absolute Gasteiger partial charge is 0.329 e.